The van der Waals surface area contributed by atoms with Crippen molar-refractivity contribution in [3.05, 3.63) is 101 Å². The Morgan fingerprint density at radius 1 is 0.949 bits per heavy atom. The summed E-state index contributed by atoms with van der Waals surface area (Å²) < 4.78 is 40.3. The molecular weight excluding hydrogens is 541 g/mol. The highest BCUT2D eigenvalue weighted by Crippen LogP contribution is 2.22. The lowest BCUT2D eigenvalue weighted by Crippen LogP contribution is -2.56. The Kier molecular flexibility index (Phi) is 9.74. The highest BCUT2D eigenvalue weighted by Gasteiger charge is 2.34. The van der Waals surface area contributed by atoms with Crippen LogP contribution in [0.4, 0.5) is 10.1 Å². The van der Waals surface area contributed by atoms with E-state index < -0.39 is 39.9 Å². The topological polar surface area (TPSA) is 86.8 Å². The van der Waals surface area contributed by atoms with Gasteiger partial charge in [-0.2, -0.15) is 0 Å². The van der Waals surface area contributed by atoms with Gasteiger partial charge in [-0.1, -0.05) is 60.1 Å². The number of hydrogen-bond donors (Lipinski definition) is 1. The first-order valence-corrected chi connectivity index (χ1v) is 14.6. The maximum absolute atomic E-state index is 14.0. The molecule has 0 aromatic heterocycles. The smallest absolute Gasteiger partial charge is 0.244 e. The molecule has 3 rings (SSSR count). The fourth-order valence-corrected chi connectivity index (χ4v) is 5.01. The van der Waals surface area contributed by atoms with Crippen molar-refractivity contribution >= 4 is 39.1 Å². The highest BCUT2D eigenvalue weighted by molar-refractivity contribution is 7.92. The summed E-state index contributed by atoms with van der Waals surface area (Å²) in [6.45, 7) is 4.91. The van der Waals surface area contributed by atoms with Crippen LogP contribution in [-0.2, 0) is 32.6 Å². The highest BCUT2D eigenvalue weighted by atomic mass is 35.5. The van der Waals surface area contributed by atoms with E-state index in [1.807, 2.05) is 51.1 Å². The molecule has 10 heteroatoms. The quantitative estimate of drug-likeness (QED) is 0.377. The molecule has 39 heavy (non-hydrogen) atoms. The van der Waals surface area contributed by atoms with E-state index in [2.05, 4.69) is 5.32 Å². The van der Waals surface area contributed by atoms with Gasteiger partial charge in [-0.3, -0.25) is 13.9 Å². The second kappa shape index (κ2) is 12.6. The van der Waals surface area contributed by atoms with E-state index in [0.717, 1.165) is 22.2 Å². The lowest BCUT2D eigenvalue weighted by Gasteiger charge is -2.35. The molecular formula is C29H33ClFN3O4S. The Labute approximate surface area is 234 Å². The number of amides is 2. The number of sulfonamides is 1. The molecule has 1 atom stereocenters. The normalized spacial score (nSPS) is 12.5. The zero-order valence-electron chi connectivity index (χ0n) is 22.4. The molecule has 1 N–H and O–H groups in total. The first-order chi connectivity index (χ1) is 18.2. The third kappa shape index (κ3) is 9.07. The van der Waals surface area contributed by atoms with E-state index in [4.69, 9.17) is 11.6 Å². The van der Waals surface area contributed by atoms with E-state index in [0.29, 0.717) is 10.6 Å². The van der Waals surface area contributed by atoms with Gasteiger partial charge in [0.15, 0.2) is 0 Å². The monoisotopic (exact) mass is 573 g/mol. The second-order valence-electron chi connectivity index (χ2n) is 10.3. The van der Waals surface area contributed by atoms with Crippen molar-refractivity contribution in [3.63, 3.8) is 0 Å². The molecule has 3 aromatic carbocycles. The predicted molar refractivity (Wildman–Crippen MR) is 152 cm³/mol. The van der Waals surface area contributed by atoms with Crippen molar-refractivity contribution in [1.82, 2.24) is 10.2 Å². The Morgan fingerprint density at radius 2 is 1.59 bits per heavy atom. The van der Waals surface area contributed by atoms with Crippen molar-refractivity contribution in [2.24, 2.45) is 0 Å². The lowest BCUT2D eigenvalue weighted by molar-refractivity contribution is -0.140. The van der Waals surface area contributed by atoms with Gasteiger partial charge < -0.3 is 10.2 Å². The van der Waals surface area contributed by atoms with Gasteiger partial charge in [-0.05, 0) is 62.2 Å². The number of nitrogens with zero attached hydrogens (tertiary/aromatic N) is 2. The number of anilines is 1. The van der Waals surface area contributed by atoms with Crippen LogP contribution in [-0.4, -0.2) is 49.5 Å². The van der Waals surface area contributed by atoms with Gasteiger partial charge in [0.05, 0.1) is 11.9 Å². The number of benzene rings is 3. The molecule has 7 nitrogen and oxygen atoms in total. The van der Waals surface area contributed by atoms with Crippen molar-refractivity contribution in [3.8, 4) is 0 Å². The van der Waals surface area contributed by atoms with Crippen molar-refractivity contribution < 1.29 is 22.4 Å². The summed E-state index contributed by atoms with van der Waals surface area (Å²) in [5.41, 5.74) is 0.953. The molecule has 0 saturated carbocycles. The van der Waals surface area contributed by atoms with E-state index >= 15 is 0 Å². The minimum absolute atomic E-state index is 0.0102. The van der Waals surface area contributed by atoms with E-state index in [9.17, 15) is 22.4 Å². The number of rotatable bonds is 10. The summed E-state index contributed by atoms with van der Waals surface area (Å²) in [4.78, 5) is 29.0. The summed E-state index contributed by atoms with van der Waals surface area (Å²) in [5, 5.41) is 3.47. The van der Waals surface area contributed by atoms with Crippen LogP contribution in [0.2, 0.25) is 5.02 Å². The Hall–Kier alpha value is -3.43. The van der Waals surface area contributed by atoms with Crippen LogP contribution in [0.3, 0.4) is 0 Å². The Balaban J connectivity index is 2.07. The van der Waals surface area contributed by atoms with Gasteiger partial charge in [0.2, 0.25) is 21.8 Å². The fourth-order valence-electron chi connectivity index (χ4n) is 4.04. The van der Waals surface area contributed by atoms with E-state index in [1.54, 1.807) is 24.3 Å². The molecule has 3 aromatic rings. The summed E-state index contributed by atoms with van der Waals surface area (Å²) >= 11 is 6.05. The number of halogens is 2. The molecule has 1 unspecified atom stereocenters. The van der Waals surface area contributed by atoms with E-state index in [-0.39, 0.29) is 24.6 Å². The minimum Gasteiger partial charge on any atom is -0.350 e. The van der Waals surface area contributed by atoms with Crippen LogP contribution >= 0.6 is 11.6 Å². The maximum atomic E-state index is 14.0. The van der Waals surface area contributed by atoms with Crippen molar-refractivity contribution in [1.29, 1.82) is 0 Å². The Morgan fingerprint density at radius 3 is 2.15 bits per heavy atom. The molecule has 0 spiro atoms. The molecule has 0 aliphatic heterocycles. The fraction of sp³-hybridized carbons (Fsp3) is 0.310. The number of hydrogen-bond acceptors (Lipinski definition) is 4. The standard InChI is InChI=1S/C29H33ClFN3O4S/c1-29(2,3)32-28(36)26(17-21-9-6-5-7-10-21)33(19-22-13-15-23(30)16-14-22)27(35)20-34(39(4,37)38)25-12-8-11-24(31)18-25/h5-16,18,26H,17,19-20H2,1-4H3,(H,32,36). The summed E-state index contributed by atoms with van der Waals surface area (Å²) in [6.07, 6.45) is 1.14. The largest absolute Gasteiger partial charge is 0.350 e. The molecule has 0 bridgehead atoms. The molecule has 0 saturated heterocycles. The zero-order chi connectivity index (χ0) is 28.8. The Bertz CT molecular complexity index is 1390. The van der Waals surface area contributed by atoms with Crippen LogP contribution in [0, 0.1) is 5.82 Å². The molecule has 0 aliphatic rings. The van der Waals surface area contributed by atoms with Gasteiger partial charge in [0.1, 0.15) is 18.4 Å². The zero-order valence-corrected chi connectivity index (χ0v) is 24.0. The number of carbonyl (C=O) groups is 2. The molecule has 0 fully saturated rings. The average molecular weight is 574 g/mol. The SMILES string of the molecule is CC(C)(C)NC(=O)C(Cc1ccccc1)N(Cc1ccc(Cl)cc1)C(=O)CN(c1cccc(F)c1)S(C)(=O)=O. The lowest BCUT2D eigenvalue weighted by atomic mass is 10.0. The van der Waals surface area contributed by atoms with Crippen LogP contribution in [0.1, 0.15) is 31.9 Å². The summed E-state index contributed by atoms with van der Waals surface area (Å²) in [7, 11) is -3.97. The van der Waals surface area contributed by atoms with Gasteiger partial charge in [-0.15, -0.1) is 0 Å². The van der Waals surface area contributed by atoms with Crippen LogP contribution in [0.25, 0.3) is 0 Å². The van der Waals surface area contributed by atoms with Gasteiger partial charge in [0, 0.05) is 23.5 Å². The van der Waals surface area contributed by atoms with Crippen LogP contribution in [0.15, 0.2) is 78.9 Å². The number of nitrogens with one attached hydrogen (secondary N) is 1. The summed E-state index contributed by atoms with van der Waals surface area (Å²) in [6, 6.07) is 20.1. The average Bonchev–Trinajstić information content (AvgIpc) is 2.84. The molecule has 0 aliphatic carbocycles. The van der Waals surface area contributed by atoms with Gasteiger partial charge in [-0.25, -0.2) is 12.8 Å². The minimum atomic E-state index is -3.97. The third-order valence-corrected chi connectivity index (χ3v) is 7.20. The molecule has 0 heterocycles. The first-order valence-electron chi connectivity index (χ1n) is 12.4. The first kappa shape index (κ1) is 30.1. The summed E-state index contributed by atoms with van der Waals surface area (Å²) in [5.74, 6) is -1.65. The maximum Gasteiger partial charge on any atom is 0.244 e. The predicted octanol–water partition coefficient (Wildman–Crippen LogP) is 4.80. The van der Waals surface area contributed by atoms with Gasteiger partial charge in [0.25, 0.3) is 0 Å². The van der Waals surface area contributed by atoms with Gasteiger partial charge >= 0.3 is 0 Å². The second-order valence-corrected chi connectivity index (χ2v) is 12.7. The van der Waals surface area contributed by atoms with Crippen molar-refractivity contribution in [2.75, 3.05) is 17.1 Å². The number of carbonyl (C=O) groups excluding carboxylic acids is 2. The molecule has 0 radical (unpaired) electrons. The molecule has 208 valence electrons. The molecule has 2 amide bonds. The van der Waals surface area contributed by atoms with Crippen molar-refractivity contribution in [2.45, 2.75) is 45.3 Å². The van der Waals surface area contributed by atoms with E-state index in [1.165, 1.54) is 23.1 Å². The van der Waals surface area contributed by atoms with Crippen LogP contribution < -0.4 is 9.62 Å². The third-order valence-electron chi connectivity index (χ3n) is 5.81. The van der Waals surface area contributed by atoms with Crippen LogP contribution in [0.5, 0.6) is 0 Å².